The van der Waals surface area contributed by atoms with Crippen LogP contribution in [0.3, 0.4) is 0 Å². The first-order valence-electron chi connectivity index (χ1n) is 6.70. The number of nitrogens with one attached hydrogen (secondary N) is 1. The van der Waals surface area contributed by atoms with Crippen molar-refractivity contribution in [1.82, 2.24) is 0 Å². The number of ether oxygens (including phenoxy) is 1. The zero-order valence-electron chi connectivity index (χ0n) is 12.1. The van der Waals surface area contributed by atoms with Crippen molar-refractivity contribution in [2.75, 3.05) is 11.9 Å². The second-order valence-corrected chi connectivity index (χ2v) is 5.94. The highest BCUT2D eigenvalue weighted by atomic mass is 35.5. The number of amides is 1. The molecule has 0 aliphatic rings. The lowest BCUT2D eigenvalue weighted by Gasteiger charge is -2.09. The van der Waals surface area contributed by atoms with Crippen LogP contribution in [-0.2, 0) is 20.7 Å². The summed E-state index contributed by atoms with van der Waals surface area (Å²) in [4.78, 5) is 23.4. The van der Waals surface area contributed by atoms with E-state index in [1.54, 1.807) is 6.07 Å². The highest BCUT2D eigenvalue weighted by Crippen LogP contribution is 2.32. The molecule has 2 aromatic rings. The molecule has 2 rings (SSSR count). The summed E-state index contributed by atoms with van der Waals surface area (Å²) in [6.45, 7) is -0.538. The zero-order valence-corrected chi connectivity index (χ0v) is 14.4. The Hall–Kier alpha value is -1.82. The van der Waals surface area contributed by atoms with Gasteiger partial charge in [-0.3, -0.25) is 9.59 Å². The molecule has 0 fully saturated rings. The minimum Gasteiger partial charge on any atom is -0.455 e. The first-order chi connectivity index (χ1) is 11.4. The summed E-state index contributed by atoms with van der Waals surface area (Å²) in [5.74, 6) is -1.85. The van der Waals surface area contributed by atoms with Crippen molar-refractivity contribution in [1.29, 1.82) is 0 Å². The molecule has 0 spiro atoms. The smallest absolute Gasteiger partial charge is 0.310 e. The molecule has 2 aromatic carbocycles. The average Bonchev–Trinajstić information content (AvgIpc) is 2.53. The Morgan fingerprint density at radius 1 is 1.04 bits per heavy atom. The third kappa shape index (κ3) is 5.09. The van der Waals surface area contributed by atoms with Crippen LogP contribution >= 0.6 is 34.8 Å². The number of halogens is 4. The van der Waals surface area contributed by atoms with Gasteiger partial charge in [0.25, 0.3) is 5.91 Å². The van der Waals surface area contributed by atoms with Crippen LogP contribution in [0.4, 0.5) is 10.1 Å². The van der Waals surface area contributed by atoms with E-state index in [9.17, 15) is 14.0 Å². The van der Waals surface area contributed by atoms with Crippen molar-refractivity contribution in [3.63, 3.8) is 0 Å². The summed E-state index contributed by atoms with van der Waals surface area (Å²) in [6, 6.07) is 8.58. The average molecular weight is 391 g/mol. The van der Waals surface area contributed by atoms with E-state index in [-0.39, 0.29) is 32.7 Å². The summed E-state index contributed by atoms with van der Waals surface area (Å²) in [6.07, 6.45) is -0.270. The van der Waals surface area contributed by atoms with Crippen LogP contribution in [0.5, 0.6) is 0 Å². The number of carbonyl (C=O) groups excluding carboxylic acids is 2. The third-order valence-electron chi connectivity index (χ3n) is 2.94. The molecule has 4 nitrogen and oxygen atoms in total. The van der Waals surface area contributed by atoms with E-state index in [4.69, 9.17) is 39.5 Å². The Morgan fingerprint density at radius 3 is 2.42 bits per heavy atom. The fourth-order valence-electron chi connectivity index (χ4n) is 1.80. The Balaban J connectivity index is 1.88. The van der Waals surface area contributed by atoms with E-state index in [1.165, 1.54) is 30.3 Å². The number of esters is 1. The molecule has 8 heteroatoms. The highest BCUT2D eigenvalue weighted by molar-refractivity contribution is 6.44. The van der Waals surface area contributed by atoms with Gasteiger partial charge in [-0.1, -0.05) is 53.0 Å². The molecule has 0 aliphatic heterocycles. The molecule has 1 N–H and O–H groups in total. The third-order valence-corrected chi connectivity index (χ3v) is 3.98. The lowest BCUT2D eigenvalue weighted by Crippen LogP contribution is -2.22. The van der Waals surface area contributed by atoms with Crippen molar-refractivity contribution < 1.29 is 18.7 Å². The van der Waals surface area contributed by atoms with Crippen molar-refractivity contribution >= 4 is 52.4 Å². The van der Waals surface area contributed by atoms with E-state index in [2.05, 4.69) is 5.32 Å². The quantitative estimate of drug-likeness (QED) is 0.604. The molecule has 0 saturated carbocycles. The van der Waals surface area contributed by atoms with Crippen LogP contribution in [0.25, 0.3) is 0 Å². The highest BCUT2D eigenvalue weighted by Gasteiger charge is 2.13. The lowest BCUT2D eigenvalue weighted by atomic mass is 10.1. The van der Waals surface area contributed by atoms with Crippen LogP contribution < -0.4 is 5.32 Å². The van der Waals surface area contributed by atoms with Crippen LogP contribution in [0, 0.1) is 5.82 Å². The Bertz CT molecular complexity index is 783. The Labute approximate surface area is 152 Å². The molecule has 0 saturated heterocycles. The van der Waals surface area contributed by atoms with Crippen molar-refractivity contribution in [2.24, 2.45) is 0 Å². The minimum absolute atomic E-state index is 0.190. The van der Waals surface area contributed by atoms with Gasteiger partial charge in [0, 0.05) is 0 Å². The Morgan fingerprint density at radius 2 is 1.71 bits per heavy atom. The normalized spacial score (nSPS) is 10.3. The van der Waals surface area contributed by atoms with Gasteiger partial charge in [-0.15, -0.1) is 0 Å². The predicted octanol–water partition coefficient (Wildman–Crippen LogP) is 4.51. The van der Waals surface area contributed by atoms with E-state index >= 15 is 0 Å². The summed E-state index contributed by atoms with van der Waals surface area (Å²) in [5.41, 5.74) is 0.427. The maximum atomic E-state index is 13.4. The number of rotatable bonds is 5. The largest absolute Gasteiger partial charge is 0.455 e. The van der Waals surface area contributed by atoms with Crippen molar-refractivity contribution in [2.45, 2.75) is 6.42 Å². The molecule has 0 bridgehead atoms. The van der Waals surface area contributed by atoms with E-state index in [0.29, 0.717) is 0 Å². The molecule has 0 atom stereocenters. The lowest BCUT2D eigenvalue weighted by molar-refractivity contribution is -0.146. The van der Waals surface area contributed by atoms with Gasteiger partial charge in [0.1, 0.15) is 5.82 Å². The molecule has 0 aromatic heterocycles. The predicted molar refractivity (Wildman–Crippen MR) is 91.2 cm³/mol. The van der Waals surface area contributed by atoms with Gasteiger partial charge in [0.05, 0.1) is 27.2 Å². The molecule has 1 amide bonds. The standard InChI is InChI=1S/C16H11Cl3FNO3/c17-10-6-12(19)14(7-11(10)18)21-15(22)8-24-16(23)5-9-3-1-2-4-13(9)20/h1-4,6-7H,5,8H2,(H,21,22). The number of anilines is 1. The van der Waals surface area contributed by atoms with Gasteiger partial charge in [-0.25, -0.2) is 4.39 Å². The van der Waals surface area contributed by atoms with Crippen LogP contribution in [0.15, 0.2) is 36.4 Å². The van der Waals surface area contributed by atoms with Crippen LogP contribution in [0.2, 0.25) is 15.1 Å². The van der Waals surface area contributed by atoms with Crippen molar-refractivity contribution in [3.8, 4) is 0 Å². The topological polar surface area (TPSA) is 55.4 Å². The number of hydrogen-bond donors (Lipinski definition) is 1. The molecule has 24 heavy (non-hydrogen) atoms. The van der Waals surface area contributed by atoms with E-state index in [0.717, 1.165) is 0 Å². The first-order valence-corrected chi connectivity index (χ1v) is 7.83. The SMILES string of the molecule is O=C(COC(=O)Cc1ccccc1F)Nc1cc(Cl)c(Cl)cc1Cl. The fourth-order valence-corrected chi connectivity index (χ4v) is 2.39. The Kier molecular flexibility index (Phi) is 6.43. The van der Waals surface area contributed by atoms with Crippen LogP contribution in [0.1, 0.15) is 5.56 Å². The summed E-state index contributed by atoms with van der Waals surface area (Å²) in [5, 5.41) is 3.10. The van der Waals surface area contributed by atoms with Crippen LogP contribution in [-0.4, -0.2) is 18.5 Å². The molecule has 0 radical (unpaired) electrons. The second kappa shape index (κ2) is 8.33. The maximum Gasteiger partial charge on any atom is 0.310 e. The second-order valence-electron chi connectivity index (χ2n) is 4.72. The first kappa shape index (κ1) is 18.5. The van der Waals surface area contributed by atoms with Gasteiger partial charge in [0.2, 0.25) is 0 Å². The summed E-state index contributed by atoms with van der Waals surface area (Å²) < 4.78 is 18.2. The number of carbonyl (C=O) groups is 2. The van der Waals surface area contributed by atoms with Gasteiger partial charge >= 0.3 is 5.97 Å². The maximum absolute atomic E-state index is 13.4. The summed E-state index contributed by atoms with van der Waals surface area (Å²) in [7, 11) is 0. The van der Waals surface area contributed by atoms with Gasteiger partial charge in [-0.05, 0) is 23.8 Å². The molecule has 0 heterocycles. The molecular weight excluding hydrogens is 380 g/mol. The van der Waals surface area contributed by atoms with E-state index < -0.39 is 24.3 Å². The van der Waals surface area contributed by atoms with Gasteiger partial charge < -0.3 is 10.1 Å². The molecule has 0 aliphatic carbocycles. The minimum atomic E-state index is -0.726. The molecule has 0 unspecified atom stereocenters. The van der Waals surface area contributed by atoms with Gasteiger partial charge in [-0.2, -0.15) is 0 Å². The fraction of sp³-hybridized carbons (Fsp3) is 0.125. The number of hydrogen-bond acceptors (Lipinski definition) is 3. The van der Waals surface area contributed by atoms with Crippen molar-refractivity contribution in [3.05, 3.63) is 62.8 Å². The molecular formula is C16H11Cl3FNO3. The summed E-state index contributed by atoms with van der Waals surface area (Å²) >= 11 is 17.6. The zero-order chi connectivity index (χ0) is 17.7. The monoisotopic (exact) mass is 389 g/mol. The van der Waals surface area contributed by atoms with E-state index in [1.807, 2.05) is 0 Å². The number of benzene rings is 2. The molecule has 126 valence electrons. The van der Waals surface area contributed by atoms with Gasteiger partial charge in [0.15, 0.2) is 6.61 Å².